The molecule has 6 nitrogen and oxygen atoms in total. The molecule has 3 aromatic rings. The summed E-state index contributed by atoms with van der Waals surface area (Å²) < 4.78 is 1.70. The van der Waals surface area contributed by atoms with Gasteiger partial charge in [-0.2, -0.15) is 5.10 Å². The lowest BCUT2D eigenvalue weighted by atomic mass is 10.0. The smallest absolute Gasteiger partial charge is 0.251 e. The number of hydrogen-bond acceptors (Lipinski definition) is 3. The van der Waals surface area contributed by atoms with Crippen molar-refractivity contribution in [2.75, 3.05) is 5.32 Å². The maximum Gasteiger partial charge on any atom is 0.251 e. The maximum atomic E-state index is 12.2. The summed E-state index contributed by atoms with van der Waals surface area (Å²) in [7, 11) is 0. The van der Waals surface area contributed by atoms with Crippen molar-refractivity contribution in [3.63, 3.8) is 0 Å². The highest BCUT2D eigenvalue weighted by atomic mass is 16.2. The number of benzene rings is 2. The normalized spacial score (nSPS) is 10.8. The molecule has 3 rings (SSSR count). The fraction of sp³-hybridized carbons (Fsp3) is 0.261. The van der Waals surface area contributed by atoms with Gasteiger partial charge in [0.25, 0.3) is 5.91 Å². The third-order valence-corrected chi connectivity index (χ3v) is 4.49. The lowest BCUT2D eigenvalue weighted by Crippen LogP contribution is -2.30. The van der Waals surface area contributed by atoms with Crippen LogP contribution in [0.1, 0.15) is 42.4 Å². The molecule has 0 bridgehead atoms. The second-order valence-electron chi connectivity index (χ2n) is 7.44. The summed E-state index contributed by atoms with van der Waals surface area (Å²) in [5.74, 6) is 0.316. The van der Waals surface area contributed by atoms with Crippen LogP contribution < -0.4 is 10.6 Å². The molecule has 0 saturated carbocycles. The van der Waals surface area contributed by atoms with Crippen LogP contribution in [-0.2, 0) is 4.79 Å². The molecule has 1 heterocycles. The number of aryl methyl sites for hydroxylation is 2. The minimum atomic E-state index is -0.174. The number of amides is 2. The van der Waals surface area contributed by atoms with Gasteiger partial charge in [-0.05, 0) is 57.5 Å². The molecule has 2 amide bonds. The van der Waals surface area contributed by atoms with Gasteiger partial charge in [-0.15, -0.1) is 0 Å². The van der Waals surface area contributed by atoms with Crippen molar-refractivity contribution < 1.29 is 9.59 Å². The van der Waals surface area contributed by atoms with Gasteiger partial charge < -0.3 is 10.6 Å². The van der Waals surface area contributed by atoms with Crippen LogP contribution in [0.5, 0.6) is 0 Å². The number of rotatable bonds is 5. The second-order valence-corrected chi connectivity index (χ2v) is 7.44. The highest BCUT2D eigenvalue weighted by Crippen LogP contribution is 2.33. The van der Waals surface area contributed by atoms with E-state index in [0.29, 0.717) is 11.4 Å². The summed E-state index contributed by atoms with van der Waals surface area (Å²) in [6.45, 7) is 9.27. The largest absolute Gasteiger partial charge is 0.350 e. The Bertz CT molecular complexity index is 1030. The summed E-state index contributed by atoms with van der Waals surface area (Å²) in [6.07, 6.45) is 0. The van der Waals surface area contributed by atoms with E-state index in [2.05, 4.69) is 15.7 Å². The Morgan fingerprint density at radius 3 is 2.14 bits per heavy atom. The summed E-state index contributed by atoms with van der Waals surface area (Å²) in [6, 6.07) is 15.3. The first-order chi connectivity index (χ1) is 13.8. The Morgan fingerprint density at radius 2 is 1.59 bits per heavy atom. The van der Waals surface area contributed by atoms with Gasteiger partial charge in [0.1, 0.15) is 5.82 Å². The van der Waals surface area contributed by atoms with Crippen molar-refractivity contribution in [1.82, 2.24) is 15.1 Å². The zero-order valence-electron chi connectivity index (χ0n) is 17.4. The van der Waals surface area contributed by atoms with E-state index >= 15 is 0 Å². The summed E-state index contributed by atoms with van der Waals surface area (Å²) >= 11 is 0. The zero-order valence-corrected chi connectivity index (χ0v) is 17.4. The number of nitrogens with one attached hydrogen (secondary N) is 2. The minimum Gasteiger partial charge on any atom is -0.350 e. The van der Waals surface area contributed by atoms with Crippen molar-refractivity contribution >= 4 is 17.6 Å². The first-order valence-corrected chi connectivity index (χ1v) is 9.62. The van der Waals surface area contributed by atoms with E-state index in [1.807, 2.05) is 64.1 Å². The Kier molecular flexibility index (Phi) is 5.82. The fourth-order valence-corrected chi connectivity index (χ4v) is 3.16. The molecule has 0 saturated heterocycles. The lowest BCUT2D eigenvalue weighted by Gasteiger charge is -2.12. The highest BCUT2D eigenvalue weighted by Gasteiger charge is 2.19. The van der Waals surface area contributed by atoms with E-state index in [9.17, 15) is 9.59 Å². The lowest BCUT2D eigenvalue weighted by molar-refractivity contribution is -0.114. The van der Waals surface area contributed by atoms with Gasteiger partial charge in [0, 0.05) is 24.1 Å². The van der Waals surface area contributed by atoms with E-state index in [0.717, 1.165) is 28.1 Å². The van der Waals surface area contributed by atoms with Gasteiger partial charge in [-0.25, -0.2) is 4.68 Å². The molecule has 1 aromatic heterocycles. The van der Waals surface area contributed by atoms with Crippen LogP contribution in [0.25, 0.3) is 16.8 Å². The maximum absolute atomic E-state index is 12.2. The monoisotopic (exact) mass is 390 g/mol. The molecule has 0 aliphatic carbocycles. The predicted molar refractivity (Wildman–Crippen MR) is 115 cm³/mol. The molecule has 150 valence electrons. The van der Waals surface area contributed by atoms with E-state index in [4.69, 9.17) is 0 Å². The van der Waals surface area contributed by atoms with E-state index in [1.165, 1.54) is 6.92 Å². The SMILES string of the molecule is CC(=O)Nc1c(-c2ccc(C)cc2)c(C)nn1-c1ccc(C(=O)NC(C)C)cc1. The third kappa shape index (κ3) is 4.54. The van der Waals surface area contributed by atoms with Crippen molar-refractivity contribution in [2.24, 2.45) is 0 Å². The van der Waals surface area contributed by atoms with Crippen LogP contribution in [0.2, 0.25) is 0 Å². The molecule has 29 heavy (non-hydrogen) atoms. The summed E-state index contributed by atoms with van der Waals surface area (Å²) in [5.41, 5.74) is 5.16. The summed E-state index contributed by atoms with van der Waals surface area (Å²) in [4.78, 5) is 24.1. The van der Waals surface area contributed by atoms with Gasteiger partial charge in [-0.3, -0.25) is 9.59 Å². The Balaban J connectivity index is 2.05. The first-order valence-electron chi connectivity index (χ1n) is 9.62. The molecule has 6 heteroatoms. The number of nitrogens with zero attached hydrogens (tertiary/aromatic N) is 2. The molecule has 0 radical (unpaired) electrons. The Labute approximate surface area is 170 Å². The average molecular weight is 390 g/mol. The van der Waals surface area contributed by atoms with Crippen LogP contribution in [-0.4, -0.2) is 27.6 Å². The van der Waals surface area contributed by atoms with Crippen LogP contribution in [0.15, 0.2) is 48.5 Å². The molecule has 2 N–H and O–H groups in total. The first kappa shape index (κ1) is 20.3. The third-order valence-electron chi connectivity index (χ3n) is 4.49. The van der Waals surface area contributed by atoms with Crippen molar-refractivity contribution in [3.05, 3.63) is 65.4 Å². The van der Waals surface area contributed by atoms with Crippen LogP contribution >= 0.6 is 0 Å². The van der Waals surface area contributed by atoms with Gasteiger partial charge in [0.2, 0.25) is 5.91 Å². The Morgan fingerprint density at radius 1 is 0.966 bits per heavy atom. The van der Waals surface area contributed by atoms with E-state index < -0.39 is 0 Å². The minimum absolute atomic E-state index is 0.0689. The van der Waals surface area contributed by atoms with Gasteiger partial charge >= 0.3 is 0 Å². The molecular weight excluding hydrogens is 364 g/mol. The number of aromatic nitrogens is 2. The van der Waals surface area contributed by atoms with Crippen LogP contribution in [0, 0.1) is 13.8 Å². The molecule has 0 atom stereocenters. The number of carbonyl (C=O) groups is 2. The molecule has 0 unspecified atom stereocenters. The number of anilines is 1. The number of carbonyl (C=O) groups excluding carboxylic acids is 2. The topological polar surface area (TPSA) is 76.0 Å². The molecule has 0 fully saturated rings. The second kappa shape index (κ2) is 8.31. The summed E-state index contributed by atoms with van der Waals surface area (Å²) in [5, 5.41) is 10.5. The van der Waals surface area contributed by atoms with Gasteiger partial charge in [0.05, 0.1) is 11.4 Å². The van der Waals surface area contributed by atoms with Gasteiger partial charge in [-0.1, -0.05) is 29.8 Å². The van der Waals surface area contributed by atoms with Crippen LogP contribution in [0.4, 0.5) is 5.82 Å². The zero-order chi connectivity index (χ0) is 21.1. The number of hydrogen-bond donors (Lipinski definition) is 2. The van der Waals surface area contributed by atoms with E-state index in [-0.39, 0.29) is 17.9 Å². The highest BCUT2D eigenvalue weighted by molar-refractivity contribution is 5.95. The predicted octanol–water partition coefficient (Wildman–Crippen LogP) is 4.25. The quantitative estimate of drug-likeness (QED) is 0.684. The van der Waals surface area contributed by atoms with Crippen molar-refractivity contribution in [1.29, 1.82) is 0 Å². The van der Waals surface area contributed by atoms with Crippen molar-refractivity contribution in [3.8, 4) is 16.8 Å². The van der Waals surface area contributed by atoms with E-state index in [1.54, 1.807) is 16.8 Å². The van der Waals surface area contributed by atoms with Crippen LogP contribution in [0.3, 0.4) is 0 Å². The fourth-order valence-electron chi connectivity index (χ4n) is 3.16. The Hall–Kier alpha value is -3.41. The van der Waals surface area contributed by atoms with Crippen molar-refractivity contribution in [2.45, 2.75) is 40.7 Å². The molecule has 0 aliphatic heterocycles. The molecule has 0 spiro atoms. The van der Waals surface area contributed by atoms with Gasteiger partial charge in [0.15, 0.2) is 0 Å². The standard InChI is InChI=1S/C23H26N4O2/c1-14(2)24-23(29)19-10-12-20(13-11-19)27-22(25-17(5)28)21(16(4)26-27)18-8-6-15(3)7-9-18/h6-14H,1-5H3,(H,24,29)(H,25,28). The molecular formula is C23H26N4O2. The average Bonchev–Trinajstić information content (AvgIpc) is 2.97. The molecule has 2 aromatic carbocycles. The molecule has 0 aliphatic rings.